The van der Waals surface area contributed by atoms with Gasteiger partial charge in [0, 0.05) is 13.0 Å². The van der Waals surface area contributed by atoms with Crippen LogP contribution in [0.3, 0.4) is 0 Å². The van der Waals surface area contributed by atoms with Gasteiger partial charge < -0.3 is 10.2 Å². The van der Waals surface area contributed by atoms with Crippen molar-refractivity contribution in [1.29, 1.82) is 0 Å². The van der Waals surface area contributed by atoms with Gasteiger partial charge in [-0.1, -0.05) is 30.3 Å². The fourth-order valence-corrected chi connectivity index (χ4v) is 2.65. The summed E-state index contributed by atoms with van der Waals surface area (Å²) in [5.74, 6) is 0.302. The number of carbonyl (C=O) groups is 1. The van der Waals surface area contributed by atoms with E-state index < -0.39 is 0 Å². The molecule has 18 heavy (non-hydrogen) atoms. The smallest absolute Gasteiger partial charge is 0.223 e. The molecule has 1 aliphatic heterocycles. The molecule has 1 heterocycles. The summed E-state index contributed by atoms with van der Waals surface area (Å²) < 4.78 is 0. The molecule has 3 nitrogen and oxygen atoms in total. The van der Waals surface area contributed by atoms with Crippen molar-refractivity contribution in [2.45, 2.75) is 31.7 Å². The number of likely N-dealkylation sites (tertiary alicyclic amines) is 1. The van der Waals surface area contributed by atoms with E-state index in [1.807, 2.05) is 13.1 Å². The second kappa shape index (κ2) is 6.55. The molecule has 1 aromatic rings. The van der Waals surface area contributed by atoms with Crippen LogP contribution in [0.25, 0.3) is 0 Å². The van der Waals surface area contributed by atoms with Crippen molar-refractivity contribution < 1.29 is 4.79 Å². The standard InChI is InChI=1S/C15H22N2O/c1-16-11-5-10-15(18)17-12-6-9-14(17)13-7-3-2-4-8-13/h2-4,7-8,14,16H,5-6,9-12H2,1H3. The van der Waals surface area contributed by atoms with E-state index in [2.05, 4.69) is 34.5 Å². The highest BCUT2D eigenvalue weighted by Crippen LogP contribution is 2.32. The Bertz CT molecular complexity index is 377. The van der Waals surface area contributed by atoms with Gasteiger partial charge in [-0.2, -0.15) is 0 Å². The molecule has 0 spiro atoms. The molecule has 1 N–H and O–H groups in total. The first kappa shape index (κ1) is 13.1. The molecule has 0 saturated carbocycles. The molecular formula is C15H22N2O. The summed E-state index contributed by atoms with van der Waals surface area (Å²) in [6.45, 7) is 1.83. The molecule has 2 rings (SSSR count). The second-order valence-corrected chi connectivity index (χ2v) is 4.86. The highest BCUT2D eigenvalue weighted by molar-refractivity contribution is 5.77. The highest BCUT2D eigenvalue weighted by atomic mass is 16.2. The molecule has 1 saturated heterocycles. The van der Waals surface area contributed by atoms with Crippen molar-refractivity contribution in [1.82, 2.24) is 10.2 Å². The van der Waals surface area contributed by atoms with E-state index in [4.69, 9.17) is 0 Å². The lowest BCUT2D eigenvalue weighted by molar-refractivity contribution is -0.132. The maximum atomic E-state index is 12.2. The van der Waals surface area contributed by atoms with E-state index >= 15 is 0 Å². The van der Waals surface area contributed by atoms with E-state index in [-0.39, 0.29) is 0 Å². The molecule has 1 aliphatic rings. The first-order valence-electron chi connectivity index (χ1n) is 6.82. The lowest BCUT2D eigenvalue weighted by atomic mass is 10.0. The van der Waals surface area contributed by atoms with Crippen molar-refractivity contribution in [3.05, 3.63) is 35.9 Å². The number of hydrogen-bond acceptors (Lipinski definition) is 2. The molecule has 0 aliphatic carbocycles. The molecule has 1 atom stereocenters. The monoisotopic (exact) mass is 246 g/mol. The lowest BCUT2D eigenvalue weighted by Gasteiger charge is -2.25. The third-order valence-electron chi connectivity index (χ3n) is 3.57. The van der Waals surface area contributed by atoms with Crippen molar-refractivity contribution in [2.24, 2.45) is 0 Å². The van der Waals surface area contributed by atoms with Crippen LogP contribution in [0.1, 0.15) is 37.3 Å². The number of nitrogens with one attached hydrogen (secondary N) is 1. The quantitative estimate of drug-likeness (QED) is 0.809. The summed E-state index contributed by atoms with van der Waals surface area (Å²) >= 11 is 0. The number of amides is 1. The van der Waals surface area contributed by atoms with E-state index in [1.165, 1.54) is 5.56 Å². The first-order valence-corrected chi connectivity index (χ1v) is 6.82. The predicted molar refractivity (Wildman–Crippen MR) is 73.3 cm³/mol. The van der Waals surface area contributed by atoms with Crippen molar-refractivity contribution in [3.63, 3.8) is 0 Å². The summed E-state index contributed by atoms with van der Waals surface area (Å²) in [6.07, 6.45) is 3.80. The summed E-state index contributed by atoms with van der Waals surface area (Å²) in [5.41, 5.74) is 1.27. The van der Waals surface area contributed by atoms with Crippen molar-refractivity contribution >= 4 is 5.91 Å². The van der Waals surface area contributed by atoms with Crippen LogP contribution in [0.2, 0.25) is 0 Å². The van der Waals surface area contributed by atoms with E-state index in [9.17, 15) is 4.79 Å². The molecule has 3 heteroatoms. The zero-order valence-corrected chi connectivity index (χ0v) is 11.1. The van der Waals surface area contributed by atoms with Crippen LogP contribution < -0.4 is 5.32 Å². The minimum Gasteiger partial charge on any atom is -0.336 e. The van der Waals surface area contributed by atoms with Crippen LogP contribution in [0, 0.1) is 0 Å². The fourth-order valence-electron chi connectivity index (χ4n) is 2.65. The van der Waals surface area contributed by atoms with Gasteiger partial charge in [-0.3, -0.25) is 4.79 Å². The SMILES string of the molecule is CNCCCC(=O)N1CCCC1c1ccccc1. The Balaban J connectivity index is 1.97. The third kappa shape index (κ3) is 3.10. The van der Waals surface area contributed by atoms with Gasteiger partial charge in [-0.15, -0.1) is 0 Å². The van der Waals surface area contributed by atoms with Gasteiger partial charge >= 0.3 is 0 Å². The lowest BCUT2D eigenvalue weighted by Crippen LogP contribution is -2.30. The minimum absolute atomic E-state index is 0.299. The molecule has 1 aromatic carbocycles. The molecule has 98 valence electrons. The average molecular weight is 246 g/mol. The largest absolute Gasteiger partial charge is 0.336 e. The molecule has 0 bridgehead atoms. The summed E-state index contributed by atoms with van der Waals surface area (Å²) in [5, 5.41) is 3.09. The first-order chi connectivity index (χ1) is 8.83. The average Bonchev–Trinajstić information content (AvgIpc) is 2.89. The van der Waals surface area contributed by atoms with E-state index in [0.29, 0.717) is 18.4 Å². The normalized spacial score (nSPS) is 19.2. The van der Waals surface area contributed by atoms with Crippen LogP contribution in [-0.4, -0.2) is 30.9 Å². The fraction of sp³-hybridized carbons (Fsp3) is 0.533. The Morgan fingerprint density at radius 3 is 2.89 bits per heavy atom. The molecule has 1 fully saturated rings. The van der Waals surface area contributed by atoms with Gasteiger partial charge in [0.1, 0.15) is 0 Å². The molecule has 0 aromatic heterocycles. The Kier molecular flexibility index (Phi) is 4.76. The van der Waals surface area contributed by atoms with Crippen LogP contribution >= 0.6 is 0 Å². The molecular weight excluding hydrogens is 224 g/mol. The number of nitrogens with zero attached hydrogens (tertiary/aromatic N) is 1. The van der Waals surface area contributed by atoms with E-state index in [0.717, 1.165) is 32.4 Å². The Hall–Kier alpha value is -1.35. The van der Waals surface area contributed by atoms with Gasteiger partial charge in [-0.05, 0) is 38.4 Å². The zero-order valence-electron chi connectivity index (χ0n) is 11.1. The van der Waals surface area contributed by atoms with Crippen molar-refractivity contribution in [3.8, 4) is 0 Å². The predicted octanol–water partition coefficient (Wildman–Crippen LogP) is 2.35. The minimum atomic E-state index is 0.299. The second-order valence-electron chi connectivity index (χ2n) is 4.86. The van der Waals surface area contributed by atoms with Crippen LogP contribution in [0.5, 0.6) is 0 Å². The van der Waals surface area contributed by atoms with Gasteiger partial charge in [0.05, 0.1) is 6.04 Å². The Morgan fingerprint density at radius 2 is 2.17 bits per heavy atom. The maximum absolute atomic E-state index is 12.2. The molecule has 1 unspecified atom stereocenters. The highest BCUT2D eigenvalue weighted by Gasteiger charge is 2.28. The zero-order chi connectivity index (χ0) is 12.8. The van der Waals surface area contributed by atoms with Gasteiger partial charge in [0.15, 0.2) is 0 Å². The van der Waals surface area contributed by atoms with Crippen LogP contribution in [0.15, 0.2) is 30.3 Å². The Morgan fingerprint density at radius 1 is 1.39 bits per heavy atom. The molecule has 1 amide bonds. The summed E-state index contributed by atoms with van der Waals surface area (Å²) in [7, 11) is 1.92. The van der Waals surface area contributed by atoms with E-state index in [1.54, 1.807) is 0 Å². The number of hydrogen-bond donors (Lipinski definition) is 1. The van der Waals surface area contributed by atoms with Gasteiger partial charge in [0.25, 0.3) is 0 Å². The van der Waals surface area contributed by atoms with Gasteiger partial charge in [0.2, 0.25) is 5.91 Å². The van der Waals surface area contributed by atoms with Crippen molar-refractivity contribution in [2.75, 3.05) is 20.1 Å². The number of rotatable bonds is 5. The molecule has 0 radical (unpaired) electrons. The maximum Gasteiger partial charge on any atom is 0.223 e. The van der Waals surface area contributed by atoms with Gasteiger partial charge in [-0.25, -0.2) is 0 Å². The Labute approximate surface area is 109 Å². The van der Waals surface area contributed by atoms with Crippen LogP contribution in [-0.2, 0) is 4.79 Å². The summed E-state index contributed by atoms with van der Waals surface area (Å²) in [6, 6.07) is 10.7. The topological polar surface area (TPSA) is 32.3 Å². The summed E-state index contributed by atoms with van der Waals surface area (Å²) in [4.78, 5) is 14.3. The number of benzene rings is 1. The van der Waals surface area contributed by atoms with Crippen LogP contribution in [0.4, 0.5) is 0 Å². The number of carbonyl (C=O) groups excluding carboxylic acids is 1. The third-order valence-corrected chi connectivity index (χ3v) is 3.57.